The molecule has 7 nitrogen and oxygen atoms in total. The zero-order valence-corrected chi connectivity index (χ0v) is 17.0. The van der Waals surface area contributed by atoms with Crippen LogP contribution < -0.4 is 14.2 Å². The maximum atomic E-state index is 12.7. The molecule has 156 valence electrons. The van der Waals surface area contributed by atoms with Gasteiger partial charge >= 0.3 is 0 Å². The molecular formula is C24H19NO6. The largest absolute Gasteiger partial charge is 0.497 e. The van der Waals surface area contributed by atoms with Crippen LogP contribution in [-0.2, 0) is 6.61 Å². The van der Waals surface area contributed by atoms with Gasteiger partial charge in [0.05, 0.1) is 17.6 Å². The van der Waals surface area contributed by atoms with Crippen molar-refractivity contribution in [2.75, 3.05) is 7.11 Å². The van der Waals surface area contributed by atoms with Crippen LogP contribution in [-0.4, -0.2) is 17.8 Å². The minimum atomic E-state index is -0.481. The minimum absolute atomic E-state index is 0.0530. The lowest BCUT2D eigenvalue weighted by atomic mass is 10.1. The Balaban J connectivity index is 1.54. The molecule has 3 aromatic carbocycles. The quantitative estimate of drug-likeness (QED) is 0.315. The van der Waals surface area contributed by atoms with Crippen LogP contribution in [0, 0.1) is 17.0 Å². The number of Topliss-reactive ketones (excluding diaryl/α,β-unsaturated/α-hetero) is 1. The average molecular weight is 417 g/mol. The number of ether oxygens (including phenoxy) is 3. The van der Waals surface area contributed by atoms with Gasteiger partial charge in [-0.1, -0.05) is 24.3 Å². The zero-order valence-electron chi connectivity index (χ0n) is 17.0. The molecule has 0 fully saturated rings. The Bertz CT molecular complexity index is 1200. The van der Waals surface area contributed by atoms with Crippen molar-refractivity contribution in [3.05, 3.63) is 98.8 Å². The number of benzene rings is 3. The van der Waals surface area contributed by atoms with Crippen molar-refractivity contribution < 1.29 is 23.9 Å². The number of allylic oxidation sites excluding steroid dienone is 1. The van der Waals surface area contributed by atoms with E-state index in [4.69, 9.17) is 14.2 Å². The second kappa shape index (κ2) is 8.31. The molecule has 7 heteroatoms. The average Bonchev–Trinajstić information content (AvgIpc) is 3.10. The predicted octanol–water partition coefficient (Wildman–Crippen LogP) is 5.11. The van der Waals surface area contributed by atoms with Crippen molar-refractivity contribution in [3.8, 4) is 17.2 Å². The molecule has 1 aliphatic heterocycles. The molecule has 0 aromatic heterocycles. The van der Waals surface area contributed by atoms with Crippen LogP contribution in [0.25, 0.3) is 6.08 Å². The summed E-state index contributed by atoms with van der Waals surface area (Å²) in [6, 6.07) is 17.0. The molecular weight excluding hydrogens is 398 g/mol. The third-order valence-corrected chi connectivity index (χ3v) is 4.97. The first kappa shape index (κ1) is 20.2. The number of rotatable bonds is 6. The molecule has 0 atom stereocenters. The summed E-state index contributed by atoms with van der Waals surface area (Å²) in [6.07, 6.45) is 1.51. The molecule has 1 heterocycles. The SMILES string of the molecule is COc1ccc(COc2ccc3c(c2C)O/C(=C\c2cccc([N+](=O)[O-])c2)C3=O)cc1. The highest BCUT2D eigenvalue weighted by Gasteiger charge is 2.30. The molecule has 4 rings (SSSR count). The Kier molecular flexibility index (Phi) is 5.41. The van der Waals surface area contributed by atoms with E-state index < -0.39 is 4.92 Å². The summed E-state index contributed by atoms with van der Waals surface area (Å²) in [5.74, 6) is 1.66. The summed E-state index contributed by atoms with van der Waals surface area (Å²) in [4.78, 5) is 23.2. The Morgan fingerprint density at radius 3 is 2.58 bits per heavy atom. The topological polar surface area (TPSA) is 87.9 Å². The molecule has 0 N–H and O–H groups in total. The van der Waals surface area contributed by atoms with E-state index in [9.17, 15) is 14.9 Å². The van der Waals surface area contributed by atoms with E-state index >= 15 is 0 Å². The van der Waals surface area contributed by atoms with Gasteiger partial charge in [0.1, 0.15) is 23.9 Å². The first-order chi connectivity index (χ1) is 15.0. The lowest BCUT2D eigenvalue weighted by Gasteiger charge is -2.12. The van der Waals surface area contributed by atoms with Crippen molar-refractivity contribution in [1.29, 1.82) is 0 Å². The van der Waals surface area contributed by atoms with E-state index in [1.165, 1.54) is 18.2 Å². The molecule has 0 bridgehead atoms. The maximum Gasteiger partial charge on any atom is 0.270 e. The third-order valence-electron chi connectivity index (χ3n) is 4.97. The van der Waals surface area contributed by atoms with Crippen molar-refractivity contribution in [2.24, 2.45) is 0 Å². The number of hydrogen-bond donors (Lipinski definition) is 0. The molecule has 3 aromatic rings. The van der Waals surface area contributed by atoms with Gasteiger partial charge in [-0.25, -0.2) is 0 Å². The minimum Gasteiger partial charge on any atom is -0.497 e. The van der Waals surface area contributed by atoms with E-state index in [0.29, 0.717) is 34.8 Å². The van der Waals surface area contributed by atoms with Crippen molar-refractivity contribution in [2.45, 2.75) is 13.5 Å². The number of fused-ring (bicyclic) bond motifs is 1. The van der Waals surface area contributed by atoms with Gasteiger partial charge in [0.2, 0.25) is 5.78 Å². The Labute approximate surface area is 178 Å². The van der Waals surface area contributed by atoms with Crippen molar-refractivity contribution in [1.82, 2.24) is 0 Å². The van der Waals surface area contributed by atoms with Crippen LogP contribution in [0.1, 0.15) is 27.0 Å². The first-order valence-corrected chi connectivity index (χ1v) is 9.54. The molecule has 0 spiro atoms. The lowest BCUT2D eigenvalue weighted by molar-refractivity contribution is -0.384. The zero-order chi connectivity index (χ0) is 22.0. The van der Waals surface area contributed by atoms with E-state index in [0.717, 1.165) is 11.3 Å². The van der Waals surface area contributed by atoms with Gasteiger partial charge in [-0.15, -0.1) is 0 Å². The number of non-ortho nitro benzene ring substituents is 1. The first-order valence-electron chi connectivity index (χ1n) is 9.54. The number of ketones is 1. The standard InChI is InChI=1S/C24H19NO6/c1-15-21(30-14-16-6-8-19(29-2)9-7-16)11-10-20-23(26)22(31-24(15)20)13-17-4-3-5-18(12-17)25(27)28/h3-13H,14H2,1-2H3/b22-13-. The fourth-order valence-electron chi connectivity index (χ4n) is 3.29. The van der Waals surface area contributed by atoms with E-state index in [2.05, 4.69) is 0 Å². The highest BCUT2D eigenvalue weighted by atomic mass is 16.6. The van der Waals surface area contributed by atoms with Crippen molar-refractivity contribution in [3.63, 3.8) is 0 Å². The summed E-state index contributed by atoms with van der Waals surface area (Å²) >= 11 is 0. The summed E-state index contributed by atoms with van der Waals surface area (Å²) in [5, 5.41) is 11.0. The van der Waals surface area contributed by atoms with Crippen molar-refractivity contribution >= 4 is 17.5 Å². The number of nitro groups is 1. The van der Waals surface area contributed by atoms with Gasteiger partial charge in [0.25, 0.3) is 5.69 Å². The number of carbonyl (C=O) groups excluding carboxylic acids is 1. The third kappa shape index (κ3) is 4.11. The van der Waals surface area contributed by atoms with Gasteiger partial charge in [-0.3, -0.25) is 14.9 Å². The van der Waals surface area contributed by atoms with E-state index in [1.807, 2.05) is 31.2 Å². The van der Waals surface area contributed by atoms with Crippen LogP contribution in [0.5, 0.6) is 17.2 Å². The highest BCUT2D eigenvalue weighted by molar-refractivity contribution is 6.15. The highest BCUT2D eigenvalue weighted by Crippen LogP contribution is 2.39. The summed E-state index contributed by atoms with van der Waals surface area (Å²) in [5.41, 5.74) is 2.58. The molecule has 0 amide bonds. The second-order valence-electron chi connectivity index (χ2n) is 6.99. The smallest absolute Gasteiger partial charge is 0.270 e. The second-order valence-corrected chi connectivity index (χ2v) is 6.99. The van der Waals surface area contributed by atoms with Crippen LogP contribution >= 0.6 is 0 Å². The Morgan fingerprint density at radius 2 is 1.87 bits per heavy atom. The summed E-state index contributed by atoms with van der Waals surface area (Å²) in [6.45, 7) is 2.18. The molecule has 0 aliphatic carbocycles. The summed E-state index contributed by atoms with van der Waals surface area (Å²) in [7, 11) is 1.61. The molecule has 0 unspecified atom stereocenters. The predicted molar refractivity (Wildman–Crippen MR) is 115 cm³/mol. The molecule has 0 saturated carbocycles. The Morgan fingerprint density at radius 1 is 1.10 bits per heavy atom. The molecule has 0 saturated heterocycles. The van der Waals surface area contributed by atoms with Crippen LogP contribution in [0.3, 0.4) is 0 Å². The number of methoxy groups -OCH3 is 1. The monoisotopic (exact) mass is 417 g/mol. The van der Waals surface area contributed by atoms with Gasteiger partial charge in [-0.2, -0.15) is 0 Å². The van der Waals surface area contributed by atoms with Gasteiger partial charge in [-0.05, 0) is 48.4 Å². The van der Waals surface area contributed by atoms with Crippen LogP contribution in [0.4, 0.5) is 5.69 Å². The van der Waals surface area contributed by atoms with E-state index in [-0.39, 0.29) is 17.2 Å². The van der Waals surface area contributed by atoms with Crippen LogP contribution in [0.2, 0.25) is 0 Å². The lowest BCUT2D eigenvalue weighted by Crippen LogP contribution is -1.98. The van der Waals surface area contributed by atoms with Gasteiger partial charge in [0.15, 0.2) is 5.76 Å². The fraction of sp³-hybridized carbons (Fsp3) is 0.125. The Hall–Kier alpha value is -4.13. The molecule has 31 heavy (non-hydrogen) atoms. The maximum absolute atomic E-state index is 12.7. The number of nitro benzene ring substituents is 1. The number of hydrogen-bond acceptors (Lipinski definition) is 6. The fourth-order valence-corrected chi connectivity index (χ4v) is 3.29. The van der Waals surface area contributed by atoms with E-state index in [1.54, 1.807) is 31.4 Å². The summed E-state index contributed by atoms with van der Waals surface area (Å²) < 4.78 is 16.9. The van der Waals surface area contributed by atoms with Gasteiger partial charge in [0, 0.05) is 17.7 Å². The van der Waals surface area contributed by atoms with Crippen LogP contribution in [0.15, 0.2) is 66.4 Å². The number of nitrogens with zero attached hydrogens (tertiary/aromatic N) is 1. The molecule has 1 aliphatic rings. The normalized spacial score (nSPS) is 13.6. The number of carbonyl (C=O) groups is 1. The van der Waals surface area contributed by atoms with Gasteiger partial charge < -0.3 is 14.2 Å². The molecule has 0 radical (unpaired) electrons.